The minimum Gasteiger partial charge on any atom is -0.338 e. The molecule has 138 valence electrons. The van der Waals surface area contributed by atoms with Gasteiger partial charge in [0.1, 0.15) is 0 Å². The van der Waals surface area contributed by atoms with Gasteiger partial charge in [-0.05, 0) is 36.1 Å². The molecule has 0 radical (unpaired) electrons. The molecular weight excluding hydrogens is 370 g/mol. The van der Waals surface area contributed by atoms with Gasteiger partial charge in [-0.3, -0.25) is 9.59 Å². The lowest BCUT2D eigenvalue weighted by Crippen LogP contribution is -2.52. The van der Waals surface area contributed by atoms with E-state index in [0.29, 0.717) is 31.2 Å². The monoisotopic (exact) mass is 391 g/mol. The van der Waals surface area contributed by atoms with Crippen molar-refractivity contribution in [1.82, 2.24) is 15.1 Å². The van der Waals surface area contributed by atoms with Crippen LogP contribution in [0.15, 0.2) is 41.8 Å². The van der Waals surface area contributed by atoms with Crippen LogP contribution in [0.2, 0.25) is 5.02 Å². The van der Waals surface area contributed by atoms with Crippen LogP contribution in [0.3, 0.4) is 0 Å². The van der Waals surface area contributed by atoms with Crippen molar-refractivity contribution in [3.63, 3.8) is 0 Å². The van der Waals surface area contributed by atoms with Crippen molar-refractivity contribution in [2.45, 2.75) is 13.0 Å². The number of piperazine rings is 1. The van der Waals surface area contributed by atoms with Crippen LogP contribution in [0.5, 0.6) is 0 Å². The molecule has 3 rings (SSSR count). The highest BCUT2D eigenvalue weighted by molar-refractivity contribution is 7.12. The molecule has 2 heterocycles. The number of thiophene rings is 1. The van der Waals surface area contributed by atoms with Crippen LogP contribution in [0, 0.1) is 0 Å². The van der Waals surface area contributed by atoms with Crippen molar-refractivity contribution >= 4 is 34.8 Å². The molecule has 26 heavy (non-hydrogen) atoms. The normalized spacial score (nSPS) is 15.8. The molecule has 1 aliphatic heterocycles. The smallest absolute Gasteiger partial charge is 0.264 e. The first-order valence-corrected chi connectivity index (χ1v) is 9.90. The Hall–Kier alpha value is -1.89. The Balaban J connectivity index is 1.46. The fourth-order valence-electron chi connectivity index (χ4n) is 2.96. The van der Waals surface area contributed by atoms with Crippen LogP contribution in [0.1, 0.15) is 28.2 Å². The van der Waals surface area contributed by atoms with Crippen LogP contribution in [0.25, 0.3) is 0 Å². The third-order valence-electron chi connectivity index (χ3n) is 4.56. The highest BCUT2D eigenvalue weighted by Crippen LogP contribution is 2.17. The van der Waals surface area contributed by atoms with Crippen molar-refractivity contribution in [1.29, 1.82) is 0 Å². The molecular formula is C19H22ClN3O2S. The maximum Gasteiger partial charge on any atom is 0.264 e. The lowest BCUT2D eigenvalue weighted by Gasteiger charge is -2.34. The summed E-state index contributed by atoms with van der Waals surface area (Å²) >= 11 is 7.47. The Bertz CT molecular complexity index is 758. The zero-order valence-corrected chi connectivity index (χ0v) is 16.2. The van der Waals surface area contributed by atoms with Crippen molar-refractivity contribution in [2.24, 2.45) is 0 Å². The SMILES string of the molecule is C[C@@H](NCC(=O)N1CCN(C(=O)c2cccs2)CC1)c1cccc(Cl)c1. The predicted molar refractivity (Wildman–Crippen MR) is 105 cm³/mol. The highest BCUT2D eigenvalue weighted by Gasteiger charge is 2.25. The second-order valence-corrected chi connectivity index (χ2v) is 7.69. The minimum atomic E-state index is 0.0411. The van der Waals surface area contributed by atoms with E-state index in [9.17, 15) is 9.59 Å². The Morgan fingerprint density at radius 1 is 1.15 bits per heavy atom. The van der Waals surface area contributed by atoms with Gasteiger partial charge in [-0.15, -0.1) is 11.3 Å². The highest BCUT2D eigenvalue weighted by atomic mass is 35.5. The number of hydrogen-bond acceptors (Lipinski definition) is 4. The zero-order chi connectivity index (χ0) is 18.5. The molecule has 1 aromatic heterocycles. The first-order chi connectivity index (χ1) is 12.5. The van der Waals surface area contributed by atoms with E-state index in [4.69, 9.17) is 11.6 Å². The van der Waals surface area contributed by atoms with Gasteiger partial charge in [-0.1, -0.05) is 29.8 Å². The van der Waals surface area contributed by atoms with E-state index in [2.05, 4.69) is 5.32 Å². The number of hydrogen-bond donors (Lipinski definition) is 1. The van der Waals surface area contributed by atoms with Gasteiger partial charge < -0.3 is 15.1 Å². The molecule has 1 aromatic carbocycles. The van der Waals surface area contributed by atoms with Gasteiger partial charge in [0, 0.05) is 37.2 Å². The summed E-state index contributed by atoms with van der Waals surface area (Å²) in [4.78, 5) is 29.2. The van der Waals surface area contributed by atoms with E-state index < -0.39 is 0 Å². The molecule has 1 N–H and O–H groups in total. The molecule has 0 unspecified atom stereocenters. The topological polar surface area (TPSA) is 52.7 Å². The van der Waals surface area contributed by atoms with Crippen molar-refractivity contribution in [3.8, 4) is 0 Å². The van der Waals surface area contributed by atoms with Crippen LogP contribution >= 0.6 is 22.9 Å². The predicted octanol–water partition coefficient (Wildman–Crippen LogP) is 3.04. The van der Waals surface area contributed by atoms with E-state index in [0.717, 1.165) is 10.4 Å². The summed E-state index contributed by atoms with van der Waals surface area (Å²) in [5, 5.41) is 5.84. The van der Waals surface area contributed by atoms with E-state index >= 15 is 0 Å². The van der Waals surface area contributed by atoms with Crippen molar-refractivity contribution < 1.29 is 9.59 Å². The van der Waals surface area contributed by atoms with Gasteiger partial charge in [-0.2, -0.15) is 0 Å². The molecule has 0 saturated carbocycles. The minimum absolute atomic E-state index is 0.0411. The number of halogens is 1. The molecule has 2 amide bonds. The van der Waals surface area contributed by atoms with Crippen LogP contribution in [-0.4, -0.2) is 54.3 Å². The van der Waals surface area contributed by atoms with Crippen LogP contribution < -0.4 is 5.32 Å². The summed E-state index contributed by atoms with van der Waals surface area (Å²) in [6.45, 7) is 4.58. The Morgan fingerprint density at radius 3 is 2.54 bits per heavy atom. The fraction of sp³-hybridized carbons (Fsp3) is 0.368. The van der Waals surface area contributed by atoms with Gasteiger partial charge in [0.05, 0.1) is 11.4 Å². The number of carbonyl (C=O) groups is 2. The largest absolute Gasteiger partial charge is 0.338 e. The molecule has 1 aliphatic rings. The van der Waals surface area contributed by atoms with Gasteiger partial charge in [0.15, 0.2) is 0 Å². The molecule has 5 nitrogen and oxygen atoms in total. The van der Waals surface area contributed by atoms with Gasteiger partial charge in [-0.25, -0.2) is 0 Å². The molecule has 2 aromatic rings. The molecule has 0 bridgehead atoms. The number of benzene rings is 1. The quantitative estimate of drug-likeness (QED) is 0.852. The number of nitrogens with one attached hydrogen (secondary N) is 1. The summed E-state index contributed by atoms with van der Waals surface area (Å²) in [6, 6.07) is 11.4. The average Bonchev–Trinajstić information content (AvgIpc) is 3.20. The molecule has 1 atom stereocenters. The molecule has 1 saturated heterocycles. The standard InChI is InChI=1S/C19H22ClN3O2S/c1-14(15-4-2-5-16(20)12-15)21-13-18(24)22-7-9-23(10-8-22)19(25)17-6-3-11-26-17/h2-6,11-12,14,21H,7-10,13H2,1H3/t14-/m1/s1. The number of rotatable bonds is 5. The van der Waals surface area contributed by atoms with Gasteiger partial charge in [0.2, 0.25) is 5.91 Å². The number of nitrogens with zero attached hydrogens (tertiary/aromatic N) is 2. The lowest BCUT2D eigenvalue weighted by molar-refractivity contribution is -0.131. The number of amides is 2. The first-order valence-electron chi connectivity index (χ1n) is 8.64. The van der Waals surface area contributed by atoms with Crippen LogP contribution in [-0.2, 0) is 4.79 Å². The van der Waals surface area contributed by atoms with Gasteiger partial charge in [0.25, 0.3) is 5.91 Å². The fourth-order valence-corrected chi connectivity index (χ4v) is 3.85. The summed E-state index contributed by atoms with van der Waals surface area (Å²) in [5.41, 5.74) is 1.05. The third kappa shape index (κ3) is 4.63. The van der Waals surface area contributed by atoms with E-state index in [1.807, 2.05) is 58.5 Å². The molecule has 0 spiro atoms. The maximum absolute atomic E-state index is 12.4. The maximum atomic E-state index is 12.4. The summed E-state index contributed by atoms with van der Waals surface area (Å²) in [7, 11) is 0. The van der Waals surface area contributed by atoms with Crippen molar-refractivity contribution in [2.75, 3.05) is 32.7 Å². The van der Waals surface area contributed by atoms with E-state index in [1.54, 1.807) is 0 Å². The van der Waals surface area contributed by atoms with Gasteiger partial charge >= 0.3 is 0 Å². The van der Waals surface area contributed by atoms with E-state index in [-0.39, 0.29) is 24.4 Å². The molecule has 1 fully saturated rings. The van der Waals surface area contributed by atoms with E-state index in [1.165, 1.54) is 11.3 Å². The summed E-state index contributed by atoms with van der Waals surface area (Å²) < 4.78 is 0. The van der Waals surface area contributed by atoms with Crippen LogP contribution in [0.4, 0.5) is 0 Å². The second kappa shape index (κ2) is 8.66. The zero-order valence-electron chi connectivity index (χ0n) is 14.7. The Kier molecular flexibility index (Phi) is 6.29. The Morgan fingerprint density at radius 2 is 1.88 bits per heavy atom. The molecule has 0 aliphatic carbocycles. The molecule has 7 heteroatoms. The summed E-state index contributed by atoms with van der Waals surface area (Å²) in [6.07, 6.45) is 0. The lowest BCUT2D eigenvalue weighted by atomic mass is 10.1. The first kappa shape index (κ1) is 18.9. The van der Waals surface area contributed by atoms with Crippen molar-refractivity contribution in [3.05, 3.63) is 57.2 Å². The third-order valence-corrected chi connectivity index (χ3v) is 5.65. The Labute approximate surface area is 162 Å². The summed E-state index contributed by atoms with van der Waals surface area (Å²) in [5.74, 6) is 0.113. The average molecular weight is 392 g/mol. The number of carbonyl (C=O) groups excluding carboxylic acids is 2. The second-order valence-electron chi connectivity index (χ2n) is 6.31.